The molecule has 0 aromatic heterocycles. The summed E-state index contributed by atoms with van der Waals surface area (Å²) in [7, 11) is 3.64. The monoisotopic (exact) mass is 272 g/mol. The highest BCUT2D eigenvalue weighted by atomic mass is 19.1. The minimum Gasteiger partial charge on any atom is -0.383 e. The van der Waals surface area contributed by atoms with Crippen molar-refractivity contribution in [2.45, 2.75) is 13.0 Å². The van der Waals surface area contributed by atoms with E-state index in [2.05, 4.69) is 10.2 Å². The van der Waals surface area contributed by atoms with E-state index in [0.717, 1.165) is 13.1 Å². The van der Waals surface area contributed by atoms with Crippen LogP contribution in [0.25, 0.3) is 0 Å². The molecular formula is C14H22F2N2O. The van der Waals surface area contributed by atoms with E-state index >= 15 is 0 Å². The Morgan fingerprint density at radius 1 is 1.26 bits per heavy atom. The van der Waals surface area contributed by atoms with E-state index in [0.29, 0.717) is 13.2 Å². The van der Waals surface area contributed by atoms with Gasteiger partial charge in [0.1, 0.15) is 11.6 Å². The zero-order valence-electron chi connectivity index (χ0n) is 11.7. The summed E-state index contributed by atoms with van der Waals surface area (Å²) in [5, 5.41) is 3.13. The van der Waals surface area contributed by atoms with Crippen LogP contribution in [0, 0.1) is 11.6 Å². The molecule has 1 unspecified atom stereocenters. The third kappa shape index (κ3) is 5.22. The van der Waals surface area contributed by atoms with Crippen LogP contribution in [0.5, 0.6) is 0 Å². The van der Waals surface area contributed by atoms with Gasteiger partial charge < -0.3 is 15.0 Å². The number of benzene rings is 1. The van der Waals surface area contributed by atoms with Gasteiger partial charge in [-0.25, -0.2) is 8.78 Å². The largest absolute Gasteiger partial charge is 0.383 e. The van der Waals surface area contributed by atoms with Crippen molar-refractivity contribution >= 4 is 0 Å². The second-order valence-corrected chi connectivity index (χ2v) is 4.61. The summed E-state index contributed by atoms with van der Waals surface area (Å²) >= 11 is 0. The average Bonchev–Trinajstić information content (AvgIpc) is 2.36. The number of nitrogens with one attached hydrogen (secondary N) is 1. The van der Waals surface area contributed by atoms with Gasteiger partial charge in [0.15, 0.2) is 0 Å². The van der Waals surface area contributed by atoms with Crippen LogP contribution in [0.15, 0.2) is 18.2 Å². The smallest absolute Gasteiger partial charge is 0.130 e. The predicted molar refractivity (Wildman–Crippen MR) is 72.1 cm³/mol. The van der Waals surface area contributed by atoms with Crippen molar-refractivity contribution in [1.82, 2.24) is 10.2 Å². The van der Waals surface area contributed by atoms with Gasteiger partial charge in [-0.3, -0.25) is 0 Å². The number of halogens is 2. The summed E-state index contributed by atoms with van der Waals surface area (Å²) in [6.45, 7) is 4.73. The average molecular weight is 272 g/mol. The second kappa shape index (κ2) is 8.19. The first-order valence-electron chi connectivity index (χ1n) is 6.41. The first kappa shape index (κ1) is 16.0. The predicted octanol–water partition coefficient (Wildman–Crippen LogP) is 2.19. The molecule has 5 heteroatoms. The van der Waals surface area contributed by atoms with E-state index < -0.39 is 11.6 Å². The Bertz CT molecular complexity index is 367. The number of rotatable bonds is 8. The molecule has 0 saturated carbocycles. The molecule has 0 radical (unpaired) electrons. The molecule has 0 saturated heterocycles. The maximum Gasteiger partial charge on any atom is 0.130 e. The van der Waals surface area contributed by atoms with Crippen molar-refractivity contribution in [3.63, 3.8) is 0 Å². The topological polar surface area (TPSA) is 24.5 Å². The summed E-state index contributed by atoms with van der Waals surface area (Å²) in [6, 6.07) is 3.58. The third-order valence-corrected chi connectivity index (χ3v) is 3.05. The van der Waals surface area contributed by atoms with Crippen LogP contribution in [0.1, 0.15) is 18.5 Å². The molecule has 0 aliphatic carbocycles. The zero-order chi connectivity index (χ0) is 14.3. The van der Waals surface area contributed by atoms with Gasteiger partial charge in [-0.2, -0.15) is 0 Å². The van der Waals surface area contributed by atoms with E-state index in [1.54, 1.807) is 14.0 Å². The Kier molecular flexibility index (Phi) is 6.91. The number of ether oxygens (including phenoxy) is 1. The fraction of sp³-hybridized carbons (Fsp3) is 0.571. The Hall–Kier alpha value is -1.04. The van der Waals surface area contributed by atoms with Gasteiger partial charge in [-0.1, -0.05) is 6.07 Å². The lowest BCUT2D eigenvalue weighted by molar-refractivity contribution is 0.161. The number of hydrogen-bond acceptors (Lipinski definition) is 3. The van der Waals surface area contributed by atoms with Crippen LogP contribution in [0.3, 0.4) is 0 Å². The van der Waals surface area contributed by atoms with Gasteiger partial charge in [0, 0.05) is 38.3 Å². The molecule has 0 aliphatic heterocycles. The molecule has 0 bridgehead atoms. The summed E-state index contributed by atoms with van der Waals surface area (Å²) < 4.78 is 32.1. The van der Waals surface area contributed by atoms with Gasteiger partial charge >= 0.3 is 0 Å². The number of methoxy groups -OCH3 is 1. The summed E-state index contributed by atoms with van der Waals surface area (Å²) in [5.41, 5.74) is 0.0991. The van der Waals surface area contributed by atoms with Crippen molar-refractivity contribution in [2.75, 3.05) is 40.4 Å². The van der Waals surface area contributed by atoms with Crippen LogP contribution in [0.4, 0.5) is 8.78 Å². The van der Waals surface area contributed by atoms with Crippen LogP contribution in [-0.2, 0) is 4.74 Å². The van der Waals surface area contributed by atoms with Crippen molar-refractivity contribution in [3.05, 3.63) is 35.4 Å². The lowest BCUT2D eigenvalue weighted by Crippen LogP contribution is -2.33. The maximum absolute atomic E-state index is 13.5. The minimum atomic E-state index is -0.507. The molecule has 0 spiro atoms. The molecule has 0 fully saturated rings. The normalized spacial score (nSPS) is 12.9. The fourth-order valence-electron chi connectivity index (χ4n) is 1.86. The van der Waals surface area contributed by atoms with Crippen LogP contribution >= 0.6 is 0 Å². The van der Waals surface area contributed by atoms with Gasteiger partial charge in [0.05, 0.1) is 6.61 Å². The first-order valence-corrected chi connectivity index (χ1v) is 6.41. The fourth-order valence-corrected chi connectivity index (χ4v) is 1.86. The van der Waals surface area contributed by atoms with Crippen molar-refractivity contribution in [2.24, 2.45) is 0 Å². The lowest BCUT2D eigenvalue weighted by Gasteiger charge is -2.19. The van der Waals surface area contributed by atoms with Crippen molar-refractivity contribution in [3.8, 4) is 0 Å². The molecule has 1 aromatic rings. The number of nitrogens with zero attached hydrogens (tertiary/aromatic N) is 1. The van der Waals surface area contributed by atoms with Crippen molar-refractivity contribution in [1.29, 1.82) is 0 Å². The molecule has 108 valence electrons. The second-order valence-electron chi connectivity index (χ2n) is 4.61. The molecule has 0 aliphatic rings. The van der Waals surface area contributed by atoms with Crippen molar-refractivity contribution < 1.29 is 13.5 Å². The highest BCUT2D eigenvalue weighted by molar-refractivity contribution is 5.22. The minimum absolute atomic E-state index is 0.0991. The summed E-state index contributed by atoms with van der Waals surface area (Å²) in [4.78, 5) is 2.10. The molecule has 1 aromatic carbocycles. The first-order chi connectivity index (χ1) is 9.06. The number of likely N-dealkylation sites (N-methyl/N-ethyl adjacent to an activating group) is 1. The van der Waals surface area contributed by atoms with Gasteiger partial charge in [0.25, 0.3) is 0 Å². The molecule has 3 nitrogen and oxygen atoms in total. The Morgan fingerprint density at radius 3 is 2.47 bits per heavy atom. The zero-order valence-corrected chi connectivity index (χ0v) is 11.7. The molecule has 1 atom stereocenters. The summed E-state index contributed by atoms with van der Waals surface area (Å²) in [6.07, 6.45) is 0. The highest BCUT2D eigenvalue weighted by Gasteiger charge is 2.15. The third-order valence-electron chi connectivity index (χ3n) is 3.05. The SMILES string of the molecule is COCCN(C)CCNC(C)c1c(F)cccc1F. The van der Waals surface area contributed by atoms with Gasteiger partial charge in [0.2, 0.25) is 0 Å². The van der Waals surface area contributed by atoms with E-state index in [9.17, 15) is 8.78 Å². The molecule has 19 heavy (non-hydrogen) atoms. The summed E-state index contributed by atoms with van der Waals surface area (Å²) in [5.74, 6) is -1.01. The molecule has 1 rings (SSSR count). The molecule has 0 heterocycles. The van der Waals surface area contributed by atoms with E-state index in [-0.39, 0.29) is 11.6 Å². The Balaban J connectivity index is 2.41. The van der Waals surface area contributed by atoms with E-state index in [1.807, 2.05) is 7.05 Å². The Morgan fingerprint density at radius 2 is 1.89 bits per heavy atom. The van der Waals surface area contributed by atoms with Gasteiger partial charge in [-0.15, -0.1) is 0 Å². The molecule has 1 N–H and O–H groups in total. The standard InChI is InChI=1S/C14H22F2N2O/c1-11(14-12(15)5-4-6-13(14)16)17-7-8-18(2)9-10-19-3/h4-6,11,17H,7-10H2,1-3H3. The quantitative estimate of drug-likeness (QED) is 0.785. The molecule has 0 amide bonds. The maximum atomic E-state index is 13.5. The number of hydrogen-bond donors (Lipinski definition) is 1. The van der Waals surface area contributed by atoms with E-state index in [4.69, 9.17) is 4.74 Å². The highest BCUT2D eigenvalue weighted by Crippen LogP contribution is 2.19. The Labute approximate surface area is 113 Å². The lowest BCUT2D eigenvalue weighted by atomic mass is 10.1. The van der Waals surface area contributed by atoms with Crippen LogP contribution in [0.2, 0.25) is 0 Å². The van der Waals surface area contributed by atoms with E-state index in [1.165, 1.54) is 18.2 Å². The van der Waals surface area contributed by atoms with Crippen LogP contribution < -0.4 is 5.32 Å². The molecular weight excluding hydrogens is 250 g/mol. The van der Waals surface area contributed by atoms with Gasteiger partial charge in [-0.05, 0) is 26.1 Å². The van der Waals surface area contributed by atoms with Crippen LogP contribution in [-0.4, -0.2) is 45.3 Å².